The third kappa shape index (κ3) is 4.71. The fourth-order valence-corrected chi connectivity index (χ4v) is 3.40. The number of fused-ring (bicyclic) bond motifs is 1. The lowest BCUT2D eigenvalue weighted by Crippen LogP contribution is -2.26. The second-order valence-electron chi connectivity index (χ2n) is 7.81. The molecule has 1 heterocycles. The summed E-state index contributed by atoms with van der Waals surface area (Å²) in [5.41, 5.74) is 1.91. The van der Waals surface area contributed by atoms with E-state index in [1.54, 1.807) is 12.1 Å². The highest BCUT2D eigenvalue weighted by Gasteiger charge is 2.26. The highest BCUT2D eigenvalue weighted by atomic mass is 16.5. The second-order valence-corrected chi connectivity index (χ2v) is 7.81. The molecule has 27 heavy (non-hydrogen) atoms. The summed E-state index contributed by atoms with van der Waals surface area (Å²) in [6.45, 7) is 4.15. The second kappa shape index (κ2) is 7.48. The van der Waals surface area contributed by atoms with Crippen LogP contribution in [0.1, 0.15) is 43.9 Å². The van der Waals surface area contributed by atoms with Gasteiger partial charge in [0.1, 0.15) is 17.2 Å². The molecule has 1 unspecified atom stereocenters. The first-order chi connectivity index (χ1) is 12.7. The van der Waals surface area contributed by atoms with E-state index < -0.39 is 6.10 Å². The Labute approximate surface area is 158 Å². The van der Waals surface area contributed by atoms with Crippen molar-refractivity contribution >= 4 is 11.6 Å². The first kappa shape index (κ1) is 19.0. The maximum atomic E-state index is 11.5. The van der Waals surface area contributed by atoms with Crippen molar-refractivity contribution < 1.29 is 24.9 Å². The zero-order chi connectivity index (χ0) is 19.6. The van der Waals surface area contributed by atoms with Crippen LogP contribution in [0.4, 0.5) is 5.69 Å². The van der Waals surface area contributed by atoms with Gasteiger partial charge >= 0.3 is 0 Å². The summed E-state index contributed by atoms with van der Waals surface area (Å²) >= 11 is 0. The van der Waals surface area contributed by atoms with E-state index in [9.17, 15) is 20.1 Å². The van der Waals surface area contributed by atoms with Crippen molar-refractivity contribution in [2.24, 2.45) is 5.41 Å². The number of rotatable bonds is 6. The van der Waals surface area contributed by atoms with Crippen molar-refractivity contribution in [2.45, 2.75) is 39.2 Å². The number of amides is 1. The number of aliphatic hydroxyl groups is 1. The van der Waals surface area contributed by atoms with Crippen LogP contribution in [0.5, 0.6) is 17.2 Å². The molecule has 0 aliphatic carbocycles. The molecule has 1 amide bonds. The molecule has 0 radical (unpaired) electrons. The molecule has 0 saturated heterocycles. The molecule has 1 aliphatic rings. The monoisotopic (exact) mass is 371 g/mol. The Kier molecular flexibility index (Phi) is 5.28. The third-order valence-electron chi connectivity index (χ3n) is 4.80. The number of hydrogen-bond donors (Lipinski definition) is 4. The highest BCUT2D eigenvalue weighted by Crippen LogP contribution is 2.41. The number of phenolic OH excluding ortho intramolecular Hbond substituents is 2. The number of benzene rings is 2. The Bertz CT molecular complexity index is 829. The van der Waals surface area contributed by atoms with Crippen LogP contribution in [0.15, 0.2) is 36.4 Å². The Morgan fingerprint density at radius 3 is 2.56 bits per heavy atom. The first-order valence-electron chi connectivity index (χ1n) is 8.99. The van der Waals surface area contributed by atoms with Gasteiger partial charge < -0.3 is 25.4 Å². The van der Waals surface area contributed by atoms with E-state index >= 15 is 0 Å². The fraction of sp³-hybridized carbons (Fsp3) is 0.381. The van der Waals surface area contributed by atoms with Gasteiger partial charge in [0.05, 0.1) is 11.8 Å². The van der Waals surface area contributed by atoms with Crippen molar-refractivity contribution in [3.05, 3.63) is 47.5 Å². The molecule has 0 saturated carbocycles. The molecule has 4 N–H and O–H groups in total. The van der Waals surface area contributed by atoms with E-state index in [0.29, 0.717) is 23.4 Å². The molecule has 6 heteroatoms. The van der Waals surface area contributed by atoms with Gasteiger partial charge in [0.2, 0.25) is 0 Å². The summed E-state index contributed by atoms with van der Waals surface area (Å²) in [4.78, 5) is 11.5. The van der Waals surface area contributed by atoms with E-state index in [0.717, 1.165) is 18.4 Å². The number of carbonyl (C=O) groups is 1. The minimum absolute atomic E-state index is 0.0306. The predicted molar refractivity (Wildman–Crippen MR) is 102 cm³/mol. The molecular weight excluding hydrogens is 346 g/mol. The van der Waals surface area contributed by atoms with Gasteiger partial charge in [-0.15, -0.1) is 0 Å². The van der Waals surface area contributed by atoms with Crippen molar-refractivity contribution in [2.75, 3.05) is 11.9 Å². The van der Waals surface area contributed by atoms with Crippen LogP contribution >= 0.6 is 0 Å². The molecule has 2 aromatic rings. The molecule has 0 aromatic heterocycles. The number of hydrogen-bond acceptors (Lipinski definition) is 5. The number of carbonyl (C=O) groups excluding carboxylic acids is 1. The van der Waals surface area contributed by atoms with Gasteiger partial charge in [-0.25, -0.2) is 0 Å². The van der Waals surface area contributed by atoms with Crippen LogP contribution in [-0.4, -0.2) is 27.8 Å². The maximum absolute atomic E-state index is 11.5. The highest BCUT2D eigenvalue weighted by molar-refractivity contribution is 5.96. The Balaban J connectivity index is 1.69. The summed E-state index contributed by atoms with van der Waals surface area (Å²) in [5.74, 6) is 0.337. The average molecular weight is 371 g/mol. The van der Waals surface area contributed by atoms with Gasteiger partial charge in [0.25, 0.3) is 5.91 Å². The topological polar surface area (TPSA) is 99.0 Å². The molecule has 2 aromatic carbocycles. The van der Waals surface area contributed by atoms with Crippen LogP contribution < -0.4 is 10.1 Å². The van der Waals surface area contributed by atoms with Crippen LogP contribution in [-0.2, 0) is 11.2 Å². The molecule has 0 fully saturated rings. The molecule has 144 valence electrons. The molecule has 0 bridgehead atoms. The van der Waals surface area contributed by atoms with E-state index in [1.165, 1.54) is 12.1 Å². The minimum atomic E-state index is -0.819. The minimum Gasteiger partial charge on any atom is -0.508 e. The molecule has 0 spiro atoms. The van der Waals surface area contributed by atoms with Crippen molar-refractivity contribution in [1.29, 1.82) is 0 Å². The van der Waals surface area contributed by atoms with E-state index in [2.05, 4.69) is 19.2 Å². The lowest BCUT2D eigenvalue weighted by Gasteiger charge is -2.28. The van der Waals surface area contributed by atoms with Crippen molar-refractivity contribution in [1.82, 2.24) is 0 Å². The largest absolute Gasteiger partial charge is 0.508 e. The quantitative estimate of drug-likeness (QED) is 0.623. The van der Waals surface area contributed by atoms with E-state index in [4.69, 9.17) is 4.74 Å². The van der Waals surface area contributed by atoms with Crippen LogP contribution in [0.2, 0.25) is 0 Å². The smallest absolute Gasteiger partial charge is 0.262 e. The summed E-state index contributed by atoms with van der Waals surface area (Å²) in [5, 5.41) is 32.7. The zero-order valence-electron chi connectivity index (χ0n) is 15.5. The maximum Gasteiger partial charge on any atom is 0.262 e. The van der Waals surface area contributed by atoms with Crippen molar-refractivity contribution in [3.8, 4) is 17.2 Å². The summed E-state index contributed by atoms with van der Waals surface area (Å²) in [7, 11) is 0. The molecule has 6 nitrogen and oxygen atoms in total. The Hall–Kier alpha value is -2.73. The lowest BCUT2D eigenvalue weighted by atomic mass is 9.80. The summed E-state index contributed by atoms with van der Waals surface area (Å²) in [6.07, 6.45) is 1.22. The summed E-state index contributed by atoms with van der Waals surface area (Å²) in [6, 6.07) is 10.0. The fourth-order valence-electron chi connectivity index (χ4n) is 3.40. The molecular formula is C21H25NO5. The van der Waals surface area contributed by atoms with E-state index in [1.807, 2.05) is 12.1 Å². The standard InChI is InChI=1S/C21H25NO5/c1-21(2,11-13-3-5-14(23)6-4-13)8-7-18(25)16-9-15(24)10-17-20(16)27-12-19(26)22-17/h3-6,9-10,18,23-25H,7-8,11-12H2,1-2H3,(H,22,26). The van der Waals surface area contributed by atoms with Gasteiger partial charge in [-0.1, -0.05) is 26.0 Å². The number of anilines is 1. The number of aliphatic hydroxyl groups excluding tert-OH is 1. The number of ether oxygens (including phenoxy) is 1. The summed E-state index contributed by atoms with van der Waals surface area (Å²) < 4.78 is 5.47. The van der Waals surface area contributed by atoms with Gasteiger partial charge in [0, 0.05) is 11.6 Å². The molecule has 1 aliphatic heterocycles. The molecule has 3 rings (SSSR count). The number of phenols is 2. The van der Waals surface area contributed by atoms with Gasteiger partial charge in [-0.05, 0) is 48.4 Å². The van der Waals surface area contributed by atoms with Crippen LogP contribution in [0.25, 0.3) is 0 Å². The van der Waals surface area contributed by atoms with Crippen LogP contribution in [0.3, 0.4) is 0 Å². The molecule has 1 atom stereocenters. The Morgan fingerprint density at radius 2 is 1.85 bits per heavy atom. The third-order valence-corrected chi connectivity index (χ3v) is 4.80. The number of aromatic hydroxyl groups is 2. The Morgan fingerprint density at radius 1 is 1.15 bits per heavy atom. The SMILES string of the molecule is CC(C)(CCC(O)c1cc(O)cc2c1OCC(=O)N2)Cc1ccc(O)cc1. The zero-order valence-corrected chi connectivity index (χ0v) is 15.5. The van der Waals surface area contributed by atoms with Gasteiger partial charge in [-0.3, -0.25) is 4.79 Å². The first-order valence-corrected chi connectivity index (χ1v) is 8.99. The normalized spacial score (nSPS) is 14.9. The predicted octanol–water partition coefficient (Wildman–Crippen LogP) is 3.51. The number of nitrogens with one attached hydrogen (secondary N) is 1. The van der Waals surface area contributed by atoms with Gasteiger partial charge in [-0.2, -0.15) is 0 Å². The van der Waals surface area contributed by atoms with Crippen molar-refractivity contribution in [3.63, 3.8) is 0 Å². The van der Waals surface area contributed by atoms with Crippen LogP contribution in [0, 0.1) is 5.41 Å². The van der Waals surface area contributed by atoms with Gasteiger partial charge in [0.15, 0.2) is 6.61 Å². The average Bonchev–Trinajstić information content (AvgIpc) is 2.60. The van der Waals surface area contributed by atoms with E-state index in [-0.39, 0.29) is 29.4 Å². The lowest BCUT2D eigenvalue weighted by molar-refractivity contribution is -0.118.